The van der Waals surface area contributed by atoms with Crippen LogP contribution in [0.1, 0.15) is 114 Å². The number of carbonyl (C=O) groups excluding carboxylic acids is 5. The number of benzene rings is 1. The third-order valence-electron chi connectivity index (χ3n) is 14.4. The van der Waals surface area contributed by atoms with Crippen LogP contribution in [-0.2, 0) is 68.6 Å². The molecule has 6 heterocycles. The van der Waals surface area contributed by atoms with Gasteiger partial charge in [0, 0.05) is 59.8 Å². The first-order chi connectivity index (χ1) is 38.2. The number of carbonyl (C=O) groups is 5. The molecule has 4 aromatic heterocycles. The van der Waals surface area contributed by atoms with Crippen LogP contribution in [0.3, 0.4) is 0 Å². The average molecular weight is 1130 g/mol. The number of unbranched alkanes of at least 4 members (excludes halogenated alkanes) is 3. The minimum Gasteiger partial charge on any atom is -0.458 e. The smallest absolute Gasteiger partial charge is 0.343 e. The molecular formula is C55H71FN12O11S. The molecule has 5 aromatic rings. The molecule has 23 nitrogen and oxygen atoms in total. The molecule has 0 unspecified atom stereocenters. The molecule has 430 valence electrons. The maximum absolute atomic E-state index is 15.0. The molecule has 80 heavy (non-hydrogen) atoms. The van der Waals surface area contributed by atoms with E-state index in [1.165, 1.54) is 23.0 Å². The zero-order valence-electron chi connectivity index (χ0n) is 46.3. The maximum Gasteiger partial charge on any atom is 0.343 e. The van der Waals surface area contributed by atoms with E-state index in [9.17, 15) is 46.7 Å². The molecule has 1 aromatic carbocycles. The first kappa shape index (κ1) is 60.3. The number of pyridine rings is 2. The Morgan fingerprint density at radius 1 is 0.963 bits per heavy atom. The highest BCUT2D eigenvalue weighted by Crippen LogP contribution is 2.41. The van der Waals surface area contributed by atoms with E-state index < -0.39 is 69.1 Å². The van der Waals surface area contributed by atoms with E-state index >= 15 is 0 Å². The number of amides is 4. The summed E-state index contributed by atoms with van der Waals surface area (Å²) in [7, 11) is -3.54. The Balaban J connectivity index is 0.902. The Hall–Kier alpha value is -7.35. The lowest BCUT2D eigenvalue weighted by Crippen LogP contribution is -2.56. The number of hydrogen-bond donors (Lipinski definition) is 5. The first-order valence-electron chi connectivity index (χ1n) is 27.0. The number of ether oxygens (including phenoxy) is 2. The number of nitrogens with one attached hydrogen (secondary N) is 4. The third kappa shape index (κ3) is 14.3. The molecule has 2 aliphatic rings. The van der Waals surface area contributed by atoms with Crippen LogP contribution >= 0.6 is 0 Å². The van der Waals surface area contributed by atoms with Gasteiger partial charge in [-0.15, -0.1) is 5.10 Å². The van der Waals surface area contributed by atoms with E-state index in [4.69, 9.17) is 14.5 Å². The van der Waals surface area contributed by atoms with Gasteiger partial charge in [-0.3, -0.25) is 28.7 Å². The minimum absolute atomic E-state index is 0.0162. The van der Waals surface area contributed by atoms with Crippen molar-refractivity contribution in [1.82, 2.24) is 60.7 Å². The van der Waals surface area contributed by atoms with Gasteiger partial charge in [-0.2, -0.15) is 0 Å². The summed E-state index contributed by atoms with van der Waals surface area (Å²) in [4.78, 5) is 95.0. The van der Waals surface area contributed by atoms with Crippen molar-refractivity contribution in [1.29, 1.82) is 0 Å². The van der Waals surface area contributed by atoms with E-state index in [1.807, 2.05) is 0 Å². The highest BCUT2D eigenvalue weighted by molar-refractivity contribution is 7.90. The van der Waals surface area contributed by atoms with Gasteiger partial charge in [0.15, 0.2) is 5.60 Å². The van der Waals surface area contributed by atoms with Gasteiger partial charge >= 0.3 is 5.97 Å². The van der Waals surface area contributed by atoms with Gasteiger partial charge < -0.3 is 45.3 Å². The lowest BCUT2D eigenvalue weighted by molar-refractivity contribution is -0.172. The Bertz CT molecular complexity index is 3310. The number of halogens is 1. The second-order valence-corrected chi connectivity index (χ2v) is 22.3. The molecule has 0 aliphatic carbocycles. The van der Waals surface area contributed by atoms with Crippen molar-refractivity contribution in [3.05, 3.63) is 86.9 Å². The maximum atomic E-state index is 15.0. The van der Waals surface area contributed by atoms with Crippen LogP contribution in [0.5, 0.6) is 0 Å². The second kappa shape index (κ2) is 26.7. The minimum atomic E-state index is -3.54. The van der Waals surface area contributed by atoms with Crippen molar-refractivity contribution in [3.8, 4) is 22.6 Å². The predicted octanol–water partition coefficient (Wildman–Crippen LogP) is 3.60. The number of aromatic nitrogens is 7. The molecule has 0 radical (unpaired) electrons. The summed E-state index contributed by atoms with van der Waals surface area (Å²) in [5, 5.41) is 30.8. The van der Waals surface area contributed by atoms with Gasteiger partial charge in [-0.1, -0.05) is 58.4 Å². The Labute approximate surface area is 463 Å². The summed E-state index contributed by atoms with van der Waals surface area (Å²) in [6.07, 6.45) is 12.6. The fourth-order valence-electron chi connectivity index (χ4n) is 9.66. The van der Waals surface area contributed by atoms with E-state index in [0.29, 0.717) is 88.9 Å². The van der Waals surface area contributed by atoms with Gasteiger partial charge in [0.1, 0.15) is 36.9 Å². The van der Waals surface area contributed by atoms with Gasteiger partial charge in [-0.05, 0) is 94.3 Å². The standard InChI is InChI=1S/C55H71FN12O11S/c1-8-55(75)40-24-45-49-38(29-68(45)52(73)39(40)31-79-53(55)74)36(37-23-34(6)41(56)25-43(37)61-49)17-16-22-78-32-60-47(70)28-57-50(71)42(18-13-15-20-66(9-2)10-3)62-51(72)48(33(4)5)63-46(69)19-12-11-14-21-67-30-44(64-65-67)35-26-58-54(59-27-35)80(7,76)77/h16-17,23-27,30,33,42,48,75H,8-15,18-22,28-29,31-32H2,1-7H3,(H,57,71)(H,60,70)(H,62,72)(H,63,69)/b17-16+/t42-,48-,55-/m0/s1. The molecule has 3 atom stereocenters. The molecule has 0 fully saturated rings. The number of rotatable bonds is 28. The number of nitrogens with zero attached hydrogens (tertiary/aromatic N) is 8. The fraction of sp³-hybridized carbons (Fsp3) is 0.509. The highest BCUT2D eigenvalue weighted by Gasteiger charge is 2.45. The lowest BCUT2D eigenvalue weighted by atomic mass is 9.86. The first-order valence-corrected chi connectivity index (χ1v) is 28.9. The second-order valence-electron chi connectivity index (χ2n) is 20.4. The number of aryl methyl sites for hydroxylation is 2. The summed E-state index contributed by atoms with van der Waals surface area (Å²) in [6, 6.07) is 2.65. The molecule has 0 saturated carbocycles. The summed E-state index contributed by atoms with van der Waals surface area (Å²) in [5.74, 6) is -3.59. The van der Waals surface area contributed by atoms with Gasteiger partial charge in [0.25, 0.3) is 5.56 Å². The molecular weight excluding hydrogens is 1060 g/mol. The Kier molecular flexibility index (Phi) is 20.2. The highest BCUT2D eigenvalue weighted by atomic mass is 32.2. The van der Waals surface area contributed by atoms with Crippen LogP contribution in [-0.4, -0.2) is 140 Å². The summed E-state index contributed by atoms with van der Waals surface area (Å²) >= 11 is 0. The van der Waals surface area contributed by atoms with Crippen molar-refractivity contribution in [3.63, 3.8) is 0 Å². The largest absolute Gasteiger partial charge is 0.458 e. The summed E-state index contributed by atoms with van der Waals surface area (Å²) in [5.41, 5.74) is 1.67. The van der Waals surface area contributed by atoms with Crippen LogP contribution < -0.4 is 26.8 Å². The number of cyclic esters (lactones) is 1. The van der Waals surface area contributed by atoms with Crippen molar-refractivity contribution >= 4 is 56.4 Å². The molecule has 5 N–H and O–H groups in total. The van der Waals surface area contributed by atoms with Crippen molar-refractivity contribution in [2.24, 2.45) is 5.92 Å². The fourth-order valence-corrected chi connectivity index (χ4v) is 10.1. The summed E-state index contributed by atoms with van der Waals surface area (Å²) in [6.45, 7) is 13.3. The number of hydrogen-bond acceptors (Lipinski definition) is 17. The average Bonchev–Trinajstić information content (AvgIpc) is 4.06. The van der Waals surface area contributed by atoms with E-state index in [0.717, 1.165) is 32.3 Å². The van der Waals surface area contributed by atoms with Crippen molar-refractivity contribution in [2.45, 2.75) is 135 Å². The SMILES string of the molecule is CCN(CC)CCCC[C@H](NC(=O)[C@@H](NC(=O)CCCCCn1cc(-c2cnc(S(C)(=O)=O)nc2)nn1)C(C)C)C(=O)NCC(=O)NCOC/C=C/c1c2c(nc3cc(F)c(C)cc13)-c1cc3c(c(=O)n1C2)COC(=O)[C@]3(O)CC. The predicted molar refractivity (Wildman–Crippen MR) is 293 cm³/mol. The van der Waals surface area contributed by atoms with Crippen LogP contribution in [0.15, 0.2) is 52.8 Å². The van der Waals surface area contributed by atoms with Crippen LogP contribution in [0.2, 0.25) is 0 Å². The molecule has 4 amide bonds. The quantitative estimate of drug-likeness (QED) is 0.0203. The van der Waals surface area contributed by atoms with E-state index in [2.05, 4.69) is 60.3 Å². The zero-order valence-corrected chi connectivity index (χ0v) is 47.1. The zero-order chi connectivity index (χ0) is 57.9. The van der Waals surface area contributed by atoms with Gasteiger partial charge in [0.05, 0.1) is 48.4 Å². The Morgan fingerprint density at radius 3 is 2.41 bits per heavy atom. The van der Waals surface area contributed by atoms with Crippen molar-refractivity contribution < 1.29 is 51.4 Å². The molecule has 25 heteroatoms. The molecule has 7 rings (SSSR count). The van der Waals surface area contributed by atoms with E-state index in [-0.39, 0.29) is 67.4 Å². The monoisotopic (exact) mass is 1130 g/mol. The number of aliphatic hydroxyl groups is 1. The number of esters is 1. The van der Waals surface area contributed by atoms with Crippen LogP contribution in [0.25, 0.3) is 39.6 Å². The molecule has 0 bridgehead atoms. The van der Waals surface area contributed by atoms with Gasteiger partial charge in [-0.25, -0.2) is 32.6 Å². The number of fused-ring (bicyclic) bond motifs is 5. The van der Waals surface area contributed by atoms with Gasteiger partial charge in [0.2, 0.25) is 38.6 Å². The summed E-state index contributed by atoms with van der Waals surface area (Å²) < 4.78 is 52.4. The van der Waals surface area contributed by atoms with Crippen LogP contribution in [0.4, 0.5) is 4.39 Å². The molecule has 0 spiro atoms. The third-order valence-corrected chi connectivity index (χ3v) is 15.3. The topological polar surface area (TPSA) is 301 Å². The number of sulfone groups is 1. The van der Waals surface area contributed by atoms with Crippen LogP contribution in [0, 0.1) is 18.7 Å². The normalized spacial score (nSPS) is 15.6. The lowest BCUT2D eigenvalue weighted by Gasteiger charge is -2.31. The van der Waals surface area contributed by atoms with E-state index in [1.54, 1.807) is 62.9 Å². The molecule has 2 aliphatic heterocycles. The van der Waals surface area contributed by atoms with Crippen molar-refractivity contribution in [2.75, 3.05) is 45.8 Å². The Morgan fingerprint density at radius 2 is 1.71 bits per heavy atom. The molecule has 0 saturated heterocycles.